The molecular weight excluding hydrogens is 292 g/mol. The van der Waals surface area contributed by atoms with E-state index in [-0.39, 0.29) is 11.8 Å². The summed E-state index contributed by atoms with van der Waals surface area (Å²) in [7, 11) is 1.77. The Hall–Kier alpha value is -3.02. The molecule has 23 heavy (non-hydrogen) atoms. The molecule has 3 heterocycles. The molecule has 114 valence electrons. The van der Waals surface area contributed by atoms with Gasteiger partial charge >= 0.3 is 0 Å². The Morgan fingerprint density at radius 2 is 1.78 bits per heavy atom. The van der Waals surface area contributed by atoms with E-state index in [0.717, 1.165) is 5.56 Å². The van der Waals surface area contributed by atoms with Gasteiger partial charge in [-0.2, -0.15) is 5.10 Å². The van der Waals surface area contributed by atoms with Gasteiger partial charge in [0.2, 0.25) is 0 Å². The minimum atomic E-state index is -0.336. The van der Waals surface area contributed by atoms with Crippen LogP contribution in [-0.4, -0.2) is 26.6 Å². The van der Waals surface area contributed by atoms with Crippen molar-refractivity contribution in [1.29, 1.82) is 0 Å². The minimum absolute atomic E-state index is 0.317. The zero-order chi connectivity index (χ0) is 16.3. The Morgan fingerprint density at radius 1 is 1.04 bits per heavy atom. The van der Waals surface area contributed by atoms with Gasteiger partial charge in [0.1, 0.15) is 0 Å². The zero-order valence-corrected chi connectivity index (χ0v) is 13.0. The monoisotopic (exact) mass is 306 g/mol. The molecule has 4 rings (SSSR count). The second-order valence-corrected chi connectivity index (χ2v) is 5.69. The molecule has 1 aliphatic rings. The second-order valence-electron chi connectivity index (χ2n) is 5.69. The number of hydrogen-bond donors (Lipinski definition) is 0. The van der Waals surface area contributed by atoms with E-state index in [1.54, 1.807) is 17.8 Å². The van der Waals surface area contributed by atoms with Gasteiger partial charge in [0, 0.05) is 13.2 Å². The van der Waals surface area contributed by atoms with Gasteiger partial charge in [0.15, 0.2) is 5.65 Å². The molecule has 2 amide bonds. The van der Waals surface area contributed by atoms with Crippen LogP contribution in [0.1, 0.15) is 32.0 Å². The Balaban J connectivity index is 2.00. The molecule has 0 saturated carbocycles. The molecule has 2 aromatic heterocycles. The molecule has 0 unspecified atom stereocenters. The highest BCUT2D eigenvalue weighted by Gasteiger charge is 2.40. The number of para-hydroxylation sites is 1. The van der Waals surface area contributed by atoms with Crippen molar-refractivity contribution in [2.75, 3.05) is 4.90 Å². The summed E-state index contributed by atoms with van der Waals surface area (Å²) in [4.78, 5) is 31.3. The standard InChI is InChI=1S/C17H14N4O2/c1-9-6-4-5-7-12(9)21-16(22)11-8-18-15-13(14(11)17(21)23)10(2)19-20(15)3/h4-8H,1-3H3. The van der Waals surface area contributed by atoms with Gasteiger partial charge in [-0.25, -0.2) is 9.88 Å². The van der Waals surface area contributed by atoms with Gasteiger partial charge in [0.25, 0.3) is 11.8 Å². The molecular formula is C17H14N4O2. The number of pyridine rings is 1. The highest BCUT2D eigenvalue weighted by molar-refractivity contribution is 6.37. The SMILES string of the molecule is Cc1ccccc1N1C(=O)c2cnc3c(c(C)nn3C)c2C1=O. The quantitative estimate of drug-likeness (QED) is 0.647. The molecule has 0 fully saturated rings. The van der Waals surface area contributed by atoms with Crippen molar-refractivity contribution in [2.24, 2.45) is 7.05 Å². The van der Waals surface area contributed by atoms with E-state index in [4.69, 9.17) is 0 Å². The lowest BCUT2D eigenvalue weighted by atomic mass is 10.1. The molecule has 1 aromatic carbocycles. The van der Waals surface area contributed by atoms with Crippen LogP contribution in [0.5, 0.6) is 0 Å². The number of imide groups is 1. The summed E-state index contributed by atoms with van der Waals surface area (Å²) in [5.74, 6) is -0.653. The fraction of sp³-hybridized carbons (Fsp3) is 0.176. The van der Waals surface area contributed by atoms with E-state index in [0.29, 0.717) is 33.5 Å². The van der Waals surface area contributed by atoms with Gasteiger partial charge < -0.3 is 0 Å². The largest absolute Gasteiger partial charge is 0.268 e. The average molecular weight is 306 g/mol. The number of hydrogen-bond acceptors (Lipinski definition) is 4. The Labute approximate surface area is 132 Å². The third-order valence-electron chi connectivity index (χ3n) is 4.23. The third kappa shape index (κ3) is 1.69. The Bertz CT molecular complexity index is 1000. The van der Waals surface area contributed by atoms with Crippen molar-refractivity contribution in [3.05, 3.63) is 52.8 Å². The van der Waals surface area contributed by atoms with Crippen LogP contribution in [0.15, 0.2) is 30.5 Å². The van der Waals surface area contributed by atoms with E-state index >= 15 is 0 Å². The van der Waals surface area contributed by atoms with Crippen LogP contribution < -0.4 is 4.90 Å². The number of benzene rings is 1. The molecule has 0 N–H and O–H groups in total. The van der Waals surface area contributed by atoms with Crippen molar-refractivity contribution in [3.8, 4) is 0 Å². The van der Waals surface area contributed by atoms with Crippen molar-refractivity contribution in [2.45, 2.75) is 13.8 Å². The molecule has 3 aromatic rings. The zero-order valence-electron chi connectivity index (χ0n) is 13.0. The summed E-state index contributed by atoms with van der Waals surface area (Å²) in [6.07, 6.45) is 1.47. The topological polar surface area (TPSA) is 68.1 Å². The summed E-state index contributed by atoms with van der Waals surface area (Å²) >= 11 is 0. The van der Waals surface area contributed by atoms with Gasteiger partial charge in [0.05, 0.1) is 27.9 Å². The Morgan fingerprint density at radius 3 is 2.52 bits per heavy atom. The number of nitrogens with zero attached hydrogens (tertiary/aromatic N) is 4. The number of anilines is 1. The minimum Gasteiger partial charge on any atom is -0.268 e. The first-order valence-electron chi connectivity index (χ1n) is 7.27. The van der Waals surface area contributed by atoms with Gasteiger partial charge in [-0.05, 0) is 25.5 Å². The van der Waals surface area contributed by atoms with E-state index in [1.165, 1.54) is 11.1 Å². The molecule has 0 radical (unpaired) electrons. The predicted octanol–water partition coefficient (Wildman–Crippen LogP) is 2.39. The average Bonchev–Trinajstić information content (AvgIpc) is 2.95. The maximum atomic E-state index is 13.0. The van der Waals surface area contributed by atoms with Crippen LogP contribution in [-0.2, 0) is 7.05 Å². The molecule has 0 saturated heterocycles. The van der Waals surface area contributed by atoms with Crippen molar-refractivity contribution in [1.82, 2.24) is 14.8 Å². The van der Waals surface area contributed by atoms with Crippen molar-refractivity contribution < 1.29 is 9.59 Å². The first kappa shape index (κ1) is 13.6. The number of amides is 2. The lowest BCUT2D eigenvalue weighted by molar-refractivity contribution is 0.0926. The van der Waals surface area contributed by atoms with E-state index < -0.39 is 0 Å². The third-order valence-corrected chi connectivity index (χ3v) is 4.23. The number of carbonyl (C=O) groups is 2. The van der Waals surface area contributed by atoms with Gasteiger partial charge in [-0.1, -0.05) is 18.2 Å². The summed E-state index contributed by atoms with van der Waals surface area (Å²) in [6, 6.07) is 7.34. The molecule has 0 atom stereocenters. The smallest absolute Gasteiger partial charge is 0.267 e. The van der Waals surface area contributed by atoms with Crippen LogP contribution in [0.3, 0.4) is 0 Å². The van der Waals surface area contributed by atoms with Crippen LogP contribution in [0.2, 0.25) is 0 Å². The normalized spacial score (nSPS) is 14.0. The van der Waals surface area contributed by atoms with Gasteiger partial charge in [-0.3, -0.25) is 14.3 Å². The Kier molecular flexibility index (Phi) is 2.66. The van der Waals surface area contributed by atoms with Gasteiger partial charge in [-0.15, -0.1) is 0 Å². The summed E-state index contributed by atoms with van der Waals surface area (Å²) < 4.78 is 1.62. The molecule has 0 bridgehead atoms. The second kappa shape index (κ2) is 4.49. The summed E-state index contributed by atoms with van der Waals surface area (Å²) in [5.41, 5.74) is 3.51. The van der Waals surface area contributed by atoms with Crippen molar-refractivity contribution >= 4 is 28.5 Å². The first-order valence-corrected chi connectivity index (χ1v) is 7.27. The molecule has 1 aliphatic heterocycles. The number of aromatic nitrogens is 3. The highest BCUT2D eigenvalue weighted by Crippen LogP contribution is 2.34. The van der Waals surface area contributed by atoms with E-state index in [1.807, 2.05) is 32.0 Å². The number of rotatable bonds is 1. The maximum absolute atomic E-state index is 13.0. The van der Waals surface area contributed by atoms with Crippen molar-refractivity contribution in [3.63, 3.8) is 0 Å². The highest BCUT2D eigenvalue weighted by atomic mass is 16.2. The predicted molar refractivity (Wildman–Crippen MR) is 85.6 cm³/mol. The fourth-order valence-corrected chi connectivity index (χ4v) is 3.15. The van der Waals surface area contributed by atoms with E-state index in [9.17, 15) is 9.59 Å². The van der Waals surface area contributed by atoms with Crippen LogP contribution in [0.25, 0.3) is 11.0 Å². The molecule has 6 heteroatoms. The number of fused-ring (bicyclic) bond motifs is 3. The lowest BCUT2D eigenvalue weighted by Gasteiger charge is -2.16. The molecule has 6 nitrogen and oxygen atoms in total. The van der Waals surface area contributed by atoms with Crippen LogP contribution >= 0.6 is 0 Å². The maximum Gasteiger partial charge on any atom is 0.267 e. The molecule has 0 aliphatic carbocycles. The molecule has 0 spiro atoms. The fourth-order valence-electron chi connectivity index (χ4n) is 3.15. The van der Waals surface area contributed by atoms with E-state index in [2.05, 4.69) is 10.1 Å². The lowest BCUT2D eigenvalue weighted by Crippen LogP contribution is -2.30. The van der Waals surface area contributed by atoms with Crippen LogP contribution in [0, 0.1) is 13.8 Å². The van der Waals surface area contributed by atoms with Crippen LogP contribution in [0.4, 0.5) is 5.69 Å². The number of carbonyl (C=O) groups excluding carboxylic acids is 2. The summed E-state index contributed by atoms with van der Waals surface area (Å²) in [5, 5.41) is 4.97. The number of aryl methyl sites for hydroxylation is 3. The summed E-state index contributed by atoms with van der Waals surface area (Å²) in [6.45, 7) is 3.69. The first-order chi connectivity index (χ1) is 11.0.